The van der Waals surface area contributed by atoms with Gasteiger partial charge in [0.1, 0.15) is 11.6 Å². The predicted molar refractivity (Wildman–Crippen MR) is 48.4 cm³/mol. The zero-order valence-electron chi connectivity index (χ0n) is 8.64. The smallest absolute Gasteiger partial charge is 0.382 e. The zero-order valence-corrected chi connectivity index (χ0v) is 8.64. The van der Waals surface area contributed by atoms with Crippen molar-refractivity contribution in [1.29, 1.82) is 0 Å². The van der Waals surface area contributed by atoms with Gasteiger partial charge >= 0.3 is 6.18 Å². The molecule has 0 aliphatic carbocycles. The van der Waals surface area contributed by atoms with Crippen molar-refractivity contribution in [2.24, 2.45) is 5.73 Å². The third-order valence-electron chi connectivity index (χ3n) is 2.69. The van der Waals surface area contributed by atoms with Crippen molar-refractivity contribution < 1.29 is 22.6 Å². The van der Waals surface area contributed by atoms with Gasteiger partial charge in [-0.1, -0.05) is 0 Å². The van der Waals surface area contributed by atoms with E-state index in [2.05, 4.69) is 0 Å². The molecule has 0 radical (unpaired) electrons. The van der Waals surface area contributed by atoms with Gasteiger partial charge in [0.15, 0.2) is 0 Å². The van der Waals surface area contributed by atoms with Crippen molar-refractivity contribution in [2.75, 3.05) is 20.3 Å². The van der Waals surface area contributed by atoms with Gasteiger partial charge in [0.25, 0.3) is 0 Å². The zero-order chi connectivity index (χ0) is 11.5. The largest absolute Gasteiger partial charge is 0.406 e. The maximum absolute atomic E-state index is 12.5. The van der Waals surface area contributed by atoms with Crippen LogP contribution in [0.4, 0.5) is 13.2 Å². The highest BCUT2D eigenvalue weighted by atomic mass is 19.4. The fourth-order valence-corrected chi connectivity index (χ4v) is 1.87. The van der Waals surface area contributed by atoms with Crippen molar-refractivity contribution in [3.05, 3.63) is 0 Å². The normalized spacial score (nSPS) is 30.2. The number of rotatable bonds is 3. The number of hydrogen-bond acceptors (Lipinski definition) is 3. The summed E-state index contributed by atoms with van der Waals surface area (Å²) in [5.74, 6) is 0. The molecule has 2 N–H and O–H groups in total. The van der Waals surface area contributed by atoms with Crippen molar-refractivity contribution >= 4 is 0 Å². The van der Waals surface area contributed by atoms with E-state index in [1.807, 2.05) is 0 Å². The molecule has 3 nitrogen and oxygen atoms in total. The van der Waals surface area contributed by atoms with Gasteiger partial charge in [-0.05, 0) is 19.3 Å². The highest BCUT2D eigenvalue weighted by molar-refractivity contribution is 4.97. The number of nitrogens with two attached hydrogens (primary N) is 1. The number of alkyl halides is 3. The van der Waals surface area contributed by atoms with Crippen molar-refractivity contribution in [3.63, 3.8) is 0 Å². The Kier molecular flexibility index (Phi) is 3.97. The molecular weight excluding hydrogens is 211 g/mol. The minimum Gasteiger partial charge on any atom is -0.382 e. The highest BCUT2D eigenvalue weighted by Gasteiger charge is 2.53. The molecule has 15 heavy (non-hydrogen) atoms. The van der Waals surface area contributed by atoms with Gasteiger partial charge in [-0.25, -0.2) is 0 Å². The van der Waals surface area contributed by atoms with Gasteiger partial charge in [0.2, 0.25) is 0 Å². The molecule has 90 valence electrons. The Morgan fingerprint density at radius 2 is 2.13 bits per heavy atom. The van der Waals surface area contributed by atoms with E-state index >= 15 is 0 Å². The lowest BCUT2D eigenvalue weighted by molar-refractivity contribution is -0.226. The van der Waals surface area contributed by atoms with Crippen LogP contribution in [0.1, 0.15) is 19.3 Å². The highest BCUT2D eigenvalue weighted by Crippen LogP contribution is 2.35. The van der Waals surface area contributed by atoms with E-state index in [0.29, 0.717) is 19.4 Å². The topological polar surface area (TPSA) is 44.5 Å². The third-order valence-corrected chi connectivity index (χ3v) is 2.69. The Hall–Kier alpha value is -0.330. The van der Waals surface area contributed by atoms with Gasteiger partial charge in [-0.3, -0.25) is 0 Å². The lowest BCUT2D eigenvalue weighted by atomic mass is 9.87. The minimum absolute atomic E-state index is 0.117. The number of hydrogen-bond donors (Lipinski definition) is 1. The summed E-state index contributed by atoms with van der Waals surface area (Å²) < 4.78 is 47.6. The first-order valence-corrected chi connectivity index (χ1v) is 4.87. The molecule has 6 heteroatoms. The summed E-state index contributed by atoms with van der Waals surface area (Å²) in [5.41, 5.74) is 3.82. The molecule has 1 saturated heterocycles. The van der Waals surface area contributed by atoms with Crippen LogP contribution < -0.4 is 5.73 Å². The average molecular weight is 227 g/mol. The van der Waals surface area contributed by atoms with Crippen LogP contribution in [-0.4, -0.2) is 38.1 Å². The molecule has 1 rings (SSSR count). The predicted octanol–water partition coefficient (Wildman–Crippen LogP) is 1.46. The fraction of sp³-hybridized carbons (Fsp3) is 1.00. The van der Waals surface area contributed by atoms with Crippen molar-refractivity contribution in [1.82, 2.24) is 0 Å². The van der Waals surface area contributed by atoms with Crippen LogP contribution in [0.25, 0.3) is 0 Å². The van der Waals surface area contributed by atoms with Crippen LogP contribution in [0.15, 0.2) is 0 Å². The molecule has 0 spiro atoms. The van der Waals surface area contributed by atoms with Crippen LogP contribution in [0.2, 0.25) is 0 Å². The summed E-state index contributed by atoms with van der Waals surface area (Å²) in [7, 11) is 1.35. The summed E-state index contributed by atoms with van der Waals surface area (Å²) in [6.45, 7) is 0.195. The third kappa shape index (κ3) is 2.83. The van der Waals surface area contributed by atoms with Crippen LogP contribution in [0.3, 0.4) is 0 Å². The van der Waals surface area contributed by atoms with E-state index in [1.54, 1.807) is 0 Å². The Balaban J connectivity index is 2.79. The first-order valence-electron chi connectivity index (χ1n) is 4.87. The maximum atomic E-state index is 12.5. The number of ether oxygens (including phenoxy) is 2. The average Bonchev–Trinajstić information content (AvgIpc) is 2.17. The summed E-state index contributed by atoms with van der Waals surface area (Å²) >= 11 is 0. The molecule has 0 saturated carbocycles. The van der Waals surface area contributed by atoms with Gasteiger partial charge in [0, 0.05) is 13.7 Å². The summed E-state index contributed by atoms with van der Waals surface area (Å²) in [5, 5.41) is 0. The van der Waals surface area contributed by atoms with Crippen LogP contribution in [0, 0.1) is 0 Å². The van der Waals surface area contributed by atoms with E-state index in [-0.39, 0.29) is 6.61 Å². The molecule has 0 bridgehead atoms. The number of halogens is 3. The second-order valence-electron chi connectivity index (χ2n) is 3.82. The van der Waals surface area contributed by atoms with Crippen molar-refractivity contribution in [2.45, 2.75) is 37.1 Å². The second kappa shape index (κ2) is 4.67. The minimum atomic E-state index is -4.45. The fourth-order valence-electron chi connectivity index (χ4n) is 1.87. The van der Waals surface area contributed by atoms with Crippen LogP contribution in [0.5, 0.6) is 0 Å². The standard InChI is InChI=1S/C9H16F3NO2/c1-14-6-8(4-2-3-5-15-8)7(13)9(10,11)12/h7H,2-6,13H2,1H3. The summed E-state index contributed by atoms with van der Waals surface area (Å²) in [6.07, 6.45) is -2.69. The lowest BCUT2D eigenvalue weighted by Gasteiger charge is -2.41. The Bertz CT molecular complexity index is 197. The first kappa shape index (κ1) is 12.7. The molecule has 1 heterocycles. The molecule has 0 aromatic heterocycles. The molecular formula is C9H16F3NO2. The molecule has 0 aromatic rings. The van der Waals surface area contributed by atoms with Crippen molar-refractivity contribution in [3.8, 4) is 0 Å². The first-order chi connectivity index (χ1) is 6.92. The maximum Gasteiger partial charge on any atom is 0.406 e. The second-order valence-corrected chi connectivity index (χ2v) is 3.82. The van der Waals surface area contributed by atoms with Gasteiger partial charge < -0.3 is 15.2 Å². The van der Waals surface area contributed by atoms with E-state index < -0.39 is 17.8 Å². The van der Waals surface area contributed by atoms with Gasteiger partial charge in [-0.15, -0.1) is 0 Å². The van der Waals surface area contributed by atoms with Crippen LogP contribution in [-0.2, 0) is 9.47 Å². The molecule has 0 aromatic carbocycles. The van der Waals surface area contributed by atoms with E-state index in [9.17, 15) is 13.2 Å². The quantitative estimate of drug-likeness (QED) is 0.793. The monoisotopic (exact) mass is 227 g/mol. The van der Waals surface area contributed by atoms with E-state index in [0.717, 1.165) is 6.42 Å². The Morgan fingerprint density at radius 1 is 1.47 bits per heavy atom. The Labute approximate surface area is 86.7 Å². The van der Waals surface area contributed by atoms with Gasteiger partial charge in [-0.2, -0.15) is 13.2 Å². The lowest BCUT2D eigenvalue weighted by Crippen LogP contribution is -2.61. The van der Waals surface area contributed by atoms with E-state index in [4.69, 9.17) is 15.2 Å². The SMILES string of the molecule is COCC1(C(N)C(F)(F)F)CCCCO1. The molecule has 1 aliphatic rings. The summed E-state index contributed by atoms with van der Waals surface area (Å²) in [4.78, 5) is 0. The molecule has 0 amide bonds. The molecule has 1 fully saturated rings. The summed E-state index contributed by atoms with van der Waals surface area (Å²) in [6, 6.07) is -1.98. The molecule has 2 unspecified atom stereocenters. The Morgan fingerprint density at radius 3 is 2.53 bits per heavy atom. The molecule has 1 aliphatic heterocycles. The van der Waals surface area contributed by atoms with Gasteiger partial charge in [0.05, 0.1) is 6.61 Å². The number of methoxy groups -OCH3 is 1. The molecule has 2 atom stereocenters. The van der Waals surface area contributed by atoms with Crippen LogP contribution >= 0.6 is 0 Å². The van der Waals surface area contributed by atoms with E-state index in [1.165, 1.54) is 7.11 Å².